The number of phenolic OH excluding ortho intramolecular Hbond substituents is 1. The number of aromatic hydroxyl groups is 1. The number of carbonyl (C=O) groups is 2. The molecule has 1 aliphatic heterocycles. The number of aliphatic hydroxyl groups is 2. The zero-order valence-corrected chi connectivity index (χ0v) is 16.7. The number of rotatable bonds is 1. The summed E-state index contributed by atoms with van der Waals surface area (Å²) >= 11 is 0. The molecule has 0 unspecified atom stereocenters. The van der Waals surface area contributed by atoms with E-state index in [4.69, 9.17) is 4.74 Å². The molecule has 2 aliphatic carbocycles. The van der Waals surface area contributed by atoms with E-state index in [1.165, 1.54) is 0 Å². The summed E-state index contributed by atoms with van der Waals surface area (Å²) in [7, 11) is 0. The average molecular weight is 408 g/mol. The van der Waals surface area contributed by atoms with Crippen molar-refractivity contribution in [2.24, 2.45) is 0 Å². The lowest BCUT2D eigenvalue weighted by molar-refractivity contribution is -0.163. The van der Waals surface area contributed by atoms with Gasteiger partial charge in [0.1, 0.15) is 11.9 Å². The summed E-state index contributed by atoms with van der Waals surface area (Å²) in [4.78, 5) is 26.7. The van der Waals surface area contributed by atoms with Crippen molar-refractivity contribution in [1.29, 1.82) is 0 Å². The molecule has 0 aromatic heterocycles. The van der Waals surface area contributed by atoms with Gasteiger partial charge in [-0.05, 0) is 55.9 Å². The number of hydrogen-bond acceptors (Lipinski definition) is 6. The van der Waals surface area contributed by atoms with Gasteiger partial charge in [-0.3, -0.25) is 9.59 Å². The van der Waals surface area contributed by atoms with Crippen LogP contribution in [0.2, 0.25) is 0 Å². The average Bonchev–Trinajstić information content (AvgIpc) is 2.74. The van der Waals surface area contributed by atoms with Crippen LogP contribution in [0.4, 0.5) is 0 Å². The minimum Gasteiger partial charge on any atom is -0.507 e. The summed E-state index contributed by atoms with van der Waals surface area (Å²) in [5.41, 5.74) is 3.46. The molecule has 2 aromatic rings. The third-order valence-corrected chi connectivity index (χ3v) is 6.74. The lowest BCUT2D eigenvalue weighted by Gasteiger charge is -2.36. The first-order valence-corrected chi connectivity index (χ1v) is 10.5. The van der Waals surface area contributed by atoms with Gasteiger partial charge in [-0.1, -0.05) is 12.1 Å². The van der Waals surface area contributed by atoms with Gasteiger partial charge < -0.3 is 20.1 Å². The number of carbonyl (C=O) groups excluding carboxylic acids is 2. The van der Waals surface area contributed by atoms with E-state index >= 15 is 0 Å². The fourth-order valence-corrected chi connectivity index (χ4v) is 5.10. The predicted octanol–water partition coefficient (Wildman–Crippen LogP) is 2.62. The Morgan fingerprint density at radius 3 is 2.37 bits per heavy atom. The molecule has 1 saturated heterocycles. The van der Waals surface area contributed by atoms with Crippen LogP contribution in [0.15, 0.2) is 24.3 Å². The number of ether oxygens (including phenoxy) is 1. The Kier molecular flexibility index (Phi) is 4.54. The first kappa shape index (κ1) is 19.4. The van der Waals surface area contributed by atoms with Gasteiger partial charge >= 0.3 is 0 Å². The van der Waals surface area contributed by atoms with E-state index in [0.717, 1.165) is 36.8 Å². The molecule has 3 N–H and O–H groups in total. The van der Waals surface area contributed by atoms with Gasteiger partial charge in [-0.2, -0.15) is 0 Å². The summed E-state index contributed by atoms with van der Waals surface area (Å²) in [6.45, 7) is 1.64. The van der Waals surface area contributed by atoms with E-state index in [0.29, 0.717) is 16.7 Å². The minimum absolute atomic E-state index is 0.00220. The lowest BCUT2D eigenvalue weighted by Crippen LogP contribution is -2.44. The molecule has 0 radical (unpaired) electrons. The molecule has 6 heteroatoms. The predicted molar refractivity (Wildman–Crippen MR) is 108 cm³/mol. The molecule has 3 aliphatic rings. The lowest BCUT2D eigenvalue weighted by atomic mass is 9.76. The second kappa shape index (κ2) is 7.01. The summed E-state index contributed by atoms with van der Waals surface area (Å²) in [5, 5.41) is 31.0. The van der Waals surface area contributed by atoms with Gasteiger partial charge in [0, 0.05) is 28.7 Å². The Hall–Kier alpha value is -2.54. The van der Waals surface area contributed by atoms with Gasteiger partial charge in [0.25, 0.3) is 0 Å². The number of hydrogen-bond donors (Lipinski definition) is 3. The topological polar surface area (TPSA) is 104 Å². The highest BCUT2D eigenvalue weighted by molar-refractivity contribution is 6.30. The smallest absolute Gasteiger partial charge is 0.198 e. The molecule has 0 spiro atoms. The maximum absolute atomic E-state index is 13.3. The van der Waals surface area contributed by atoms with Crippen LogP contribution in [0.5, 0.6) is 5.75 Å². The second-order valence-corrected chi connectivity index (χ2v) is 8.54. The third kappa shape index (κ3) is 2.75. The Labute approximate surface area is 174 Å². The summed E-state index contributed by atoms with van der Waals surface area (Å²) in [5.74, 6) is -0.875. The van der Waals surface area contributed by atoms with E-state index in [9.17, 15) is 24.9 Å². The maximum Gasteiger partial charge on any atom is 0.198 e. The van der Waals surface area contributed by atoms with Crippen LogP contribution < -0.4 is 0 Å². The molecule has 30 heavy (non-hydrogen) atoms. The van der Waals surface area contributed by atoms with Crippen molar-refractivity contribution >= 4 is 11.6 Å². The van der Waals surface area contributed by atoms with E-state index in [-0.39, 0.29) is 34.9 Å². The van der Waals surface area contributed by atoms with Crippen molar-refractivity contribution in [2.45, 2.75) is 63.4 Å². The molecule has 6 nitrogen and oxygen atoms in total. The summed E-state index contributed by atoms with van der Waals surface area (Å²) in [6, 6.07) is 6.78. The minimum atomic E-state index is -1.01. The van der Waals surface area contributed by atoms with E-state index < -0.39 is 24.4 Å². The fourth-order valence-electron chi connectivity index (χ4n) is 5.10. The molecule has 2 aromatic carbocycles. The van der Waals surface area contributed by atoms with Crippen LogP contribution in [-0.2, 0) is 17.6 Å². The van der Waals surface area contributed by atoms with Gasteiger partial charge in [0.05, 0.1) is 23.9 Å². The van der Waals surface area contributed by atoms with Gasteiger partial charge in [0.2, 0.25) is 0 Å². The highest BCUT2D eigenvalue weighted by atomic mass is 16.5. The first-order valence-electron chi connectivity index (χ1n) is 10.5. The molecule has 4 atom stereocenters. The number of aryl methyl sites for hydroxylation is 1. The van der Waals surface area contributed by atoms with Gasteiger partial charge in [-0.25, -0.2) is 0 Å². The molecule has 1 heterocycles. The zero-order valence-electron chi connectivity index (χ0n) is 16.7. The molecular formula is C24H24O6. The molecule has 156 valence electrons. The van der Waals surface area contributed by atoms with Crippen LogP contribution in [0.1, 0.15) is 80.8 Å². The number of fused-ring (bicyclic) bond motifs is 4. The van der Waals surface area contributed by atoms with Crippen molar-refractivity contribution in [2.75, 3.05) is 0 Å². The van der Waals surface area contributed by atoms with E-state index in [1.54, 1.807) is 25.1 Å². The van der Waals surface area contributed by atoms with Crippen molar-refractivity contribution in [3.63, 3.8) is 0 Å². The Morgan fingerprint density at radius 2 is 1.60 bits per heavy atom. The molecule has 5 rings (SSSR count). The van der Waals surface area contributed by atoms with Crippen molar-refractivity contribution < 1.29 is 29.6 Å². The van der Waals surface area contributed by atoms with Crippen LogP contribution >= 0.6 is 0 Å². The van der Waals surface area contributed by atoms with E-state index in [1.807, 2.05) is 6.07 Å². The van der Waals surface area contributed by atoms with Crippen molar-refractivity contribution in [3.8, 4) is 5.75 Å². The number of ketones is 2. The normalized spacial score (nSPS) is 28.0. The molecule has 0 amide bonds. The maximum atomic E-state index is 13.3. The van der Waals surface area contributed by atoms with Gasteiger partial charge in [0.15, 0.2) is 11.6 Å². The quantitative estimate of drug-likeness (QED) is 0.572. The van der Waals surface area contributed by atoms with E-state index in [2.05, 4.69) is 0 Å². The second-order valence-electron chi connectivity index (χ2n) is 8.54. The largest absolute Gasteiger partial charge is 0.507 e. The van der Waals surface area contributed by atoms with Gasteiger partial charge in [-0.15, -0.1) is 0 Å². The molecular weight excluding hydrogens is 384 g/mol. The standard InChI is InChI=1S/C24H24O6/c1-11-21(26)17(25)10-18(30-11)14-8-9-16-20(22(14)27)24(29)15-7-6-12-4-2-3-5-13(12)19(15)23(16)28/h6-9,11,17-18,21,25-27H,2-5,10H2,1H3/t11-,17-,18-,21-/m1/s1. The zero-order chi connectivity index (χ0) is 21.2. The highest BCUT2D eigenvalue weighted by Gasteiger charge is 2.39. The van der Waals surface area contributed by atoms with Crippen LogP contribution in [0.25, 0.3) is 0 Å². The van der Waals surface area contributed by atoms with Crippen molar-refractivity contribution in [1.82, 2.24) is 0 Å². The highest BCUT2D eigenvalue weighted by Crippen LogP contribution is 2.43. The molecule has 0 saturated carbocycles. The number of phenols is 1. The third-order valence-electron chi connectivity index (χ3n) is 6.74. The van der Waals surface area contributed by atoms with Crippen LogP contribution in [0.3, 0.4) is 0 Å². The SMILES string of the molecule is C[C@H]1O[C@@H](c2ccc3c(c2O)C(=O)c2ccc4c(c2C3=O)CCCC4)C[C@@H](O)[C@@H]1O. The summed E-state index contributed by atoms with van der Waals surface area (Å²) in [6.07, 6.45) is 0.528. The van der Waals surface area contributed by atoms with Crippen LogP contribution in [-0.4, -0.2) is 45.2 Å². The van der Waals surface area contributed by atoms with Crippen LogP contribution in [0, 0.1) is 0 Å². The Bertz CT molecular complexity index is 1060. The monoisotopic (exact) mass is 408 g/mol. The Morgan fingerprint density at radius 1 is 0.933 bits per heavy atom. The first-order chi connectivity index (χ1) is 14.4. The Balaban J connectivity index is 1.60. The summed E-state index contributed by atoms with van der Waals surface area (Å²) < 4.78 is 5.77. The fraction of sp³-hybridized carbons (Fsp3) is 0.417. The number of benzene rings is 2. The van der Waals surface area contributed by atoms with Crippen molar-refractivity contribution in [3.05, 3.63) is 63.2 Å². The molecule has 0 bridgehead atoms. The molecule has 1 fully saturated rings. The number of aliphatic hydroxyl groups excluding tert-OH is 2.